The Hall–Kier alpha value is -1.79. The number of pyridine rings is 1. The summed E-state index contributed by atoms with van der Waals surface area (Å²) < 4.78 is 43.6. The number of rotatable bonds is 3. The van der Waals surface area contributed by atoms with Crippen molar-refractivity contribution in [1.29, 1.82) is 0 Å². The van der Waals surface area contributed by atoms with Gasteiger partial charge in [-0.15, -0.1) is 0 Å². The maximum atomic E-state index is 12.8. The molecule has 0 saturated carbocycles. The molecular formula is C13H10ClF3N2O. The van der Waals surface area contributed by atoms with Gasteiger partial charge in [-0.1, -0.05) is 23.7 Å². The first-order valence-corrected chi connectivity index (χ1v) is 5.98. The number of aromatic nitrogens is 1. The van der Waals surface area contributed by atoms with Gasteiger partial charge in [0.25, 0.3) is 0 Å². The molecule has 2 rings (SSSR count). The Morgan fingerprint density at radius 1 is 1.25 bits per heavy atom. The van der Waals surface area contributed by atoms with E-state index in [0.717, 1.165) is 6.07 Å². The van der Waals surface area contributed by atoms with Crippen molar-refractivity contribution in [1.82, 2.24) is 4.98 Å². The molecule has 3 nitrogen and oxygen atoms in total. The minimum atomic E-state index is -4.50. The average molecular weight is 303 g/mol. The molecule has 7 heteroatoms. The number of halogens is 4. The molecule has 0 fully saturated rings. The largest absolute Gasteiger partial charge is 0.438 e. The molecule has 0 radical (unpaired) electrons. The van der Waals surface area contributed by atoms with E-state index in [-0.39, 0.29) is 18.2 Å². The molecule has 2 aromatic rings. The van der Waals surface area contributed by atoms with Crippen LogP contribution in [-0.4, -0.2) is 4.98 Å². The number of para-hydroxylation sites is 1. The number of hydrogen-bond acceptors (Lipinski definition) is 3. The molecule has 0 unspecified atom stereocenters. The molecule has 0 bridgehead atoms. The van der Waals surface area contributed by atoms with Gasteiger partial charge in [0, 0.05) is 18.8 Å². The number of nitrogens with two attached hydrogens (primary N) is 1. The molecular weight excluding hydrogens is 293 g/mol. The second-order valence-corrected chi connectivity index (χ2v) is 4.32. The van der Waals surface area contributed by atoms with Gasteiger partial charge in [0.05, 0.1) is 10.6 Å². The van der Waals surface area contributed by atoms with Crippen LogP contribution in [0.25, 0.3) is 0 Å². The lowest BCUT2D eigenvalue weighted by Gasteiger charge is -2.13. The molecule has 0 atom stereocenters. The first-order chi connectivity index (χ1) is 9.41. The summed E-state index contributed by atoms with van der Waals surface area (Å²) in [5, 5.41) is 0.337. The summed E-state index contributed by atoms with van der Waals surface area (Å²) in [6.45, 7) is 0.138. The van der Waals surface area contributed by atoms with E-state index in [0.29, 0.717) is 10.6 Å². The van der Waals surface area contributed by atoms with Crippen molar-refractivity contribution < 1.29 is 17.9 Å². The fourth-order valence-electron chi connectivity index (χ4n) is 1.57. The SMILES string of the molecule is NCc1cc(Oc2ccccc2C(F)(F)F)ncc1Cl. The number of hydrogen-bond donors (Lipinski definition) is 1. The maximum Gasteiger partial charge on any atom is 0.419 e. The Morgan fingerprint density at radius 2 is 1.95 bits per heavy atom. The zero-order valence-electron chi connectivity index (χ0n) is 10.1. The first-order valence-electron chi connectivity index (χ1n) is 5.60. The topological polar surface area (TPSA) is 48.1 Å². The summed E-state index contributed by atoms with van der Waals surface area (Å²) in [6.07, 6.45) is -3.21. The number of ether oxygens (including phenoxy) is 1. The molecule has 1 aromatic heterocycles. The van der Waals surface area contributed by atoms with Crippen LogP contribution in [0.1, 0.15) is 11.1 Å². The van der Waals surface area contributed by atoms with Crippen LogP contribution in [0.2, 0.25) is 5.02 Å². The van der Waals surface area contributed by atoms with E-state index in [2.05, 4.69) is 4.98 Å². The number of benzene rings is 1. The fourth-order valence-corrected chi connectivity index (χ4v) is 1.75. The molecule has 1 aromatic carbocycles. The smallest absolute Gasteiger partial charge is 0.419 e. The first kappa shape index (κ1) is 14.6. The highest BCUT2D eigenvalue weighted by Gasteiger charge is 2.34. The van der Waals surface area contributed by atoms with Crippen molar-refractivity contribution in [3.8, 4) is 11.6 Å². The van der Waals surface area contributed by atoms with Crippen molar-refractivity contribution in [3.05, 3.63) is 52.7 Å². The van der Waals surface area contributed by atoms with E-state index in [9.17, 15) is 13.2 Å². The Balaban J connectivity index is 2.36. The molecule has 0 spiro atoms. The summed E-state index contributed by atoms with van der Waals surface area (Å²) in [4.78, 5) is 3.83. The molecule has 20 heavy (non-hydrogen) atoms. The summed E-state index contributed by atoms with van der Waals surface area (Å²) >= 11 is 5.83. The van der Waals surface area contributed by atoms with Crippen molar-refractivity contribution in [2.75, 3.05) is 0 Å². The minimum Gasteiger partial charge on any atom is -0.438 e. The lowest BCUT2D eigenvalue weighted by Crippen LogP contribution is -2.07. The Morgan fingerprint density at radius 3 is 2.60 bits per heavy atom. The molecule has 2 N–H and O–H groups in total. The molecule has 1 heterocycles. The summed E-state index contributed by atoms with van der Waals surface area (Å²) in [7, 11) is 0. The third-order valence-electron chi connectivity index (χ3n) is 2.54. The lowest BCUT2D eigenvalue weighted by molar-refractivity contribution is -0.138. The van der Waals surface area contributed by atoms with Gasteiger partial charge in [0.1, 0.15) is 5.75 Å². The van der Waals surface area contributed by atoms with E-state index in [1.54, 1.807) is 0 Å². The maximum absolute atomic E-state index is 12.8. The second-order valence-electron chi connectivity index (χ2n) is 3.91. The summed E-state index contributed by atoms with van der Waals surface area (Å²) in [5.74, 6) is -0.315. The molecule has 0 amide bonds. The zero-order valence-corrected chi connectivity index (χ0v) is 10.9. The molecule has 0 aliphatic carbocycles. The highest BCUT2D eigenvalue weighted by Crippen LogP contribution is 2.37. The van der Waals surface area contributed by atoms with Crippen molar-refractivity contribution >= 4 is 11.6 Å². The molecule has 0 aliphatic heterocycles. The van der Waals surface area contributed by atoms with E-state index in [1.165, 1.54) is 30.5 Å². The second kappa shape index (κ2) is 5.68. The third kappa shape index (κ3) is 3.20. The monoisotopic (exact) mass is 302 g/mol. The number of alkyl halides is 3. The van der Waals surface area contributed by atoms with Crippen molar-refractivity contribution in [2.24, 2.45) is 5.73 Å². The van der Waals surface area contributed by atoms with Gasteiger partial charge in [-0.3, -0.25) is 0 Å². The number of nitrogens with zero attached hydrogens (tertiary/aromatic N) is 1. The van der Waals surface area contributed by atoms with Crippen LogP contribution in [0, 0.1) is 0 Å². The minimum absolute atomic E-state index is 0.00606. The average Bonchev–Trinajstić information content (AvgIpc) is 2.40. The van der Waals surface area contributed by atoms with Crippen LogP contribution < -0.4 is 10.5 Å². The summed E-state index contributed by atoms with van der Waals surface area (Å²) in [5.41, 5.74) is 5.14. The predicted octanol–water partition coefficient (Wildman–Crippen LogP) is 4.00. The molecule has 0 saturated heterocycles. The quantitative estimate of drug-likeness (QED) is 0.932. The van der Waals surface area contributed by atoms with Crippen molar-refractivity contribution in [2.45, 2.75) is 12.7 Å². The van der Waals surface area contributed by atoms with Gasteiger partial charge in [0.2, 0.25) is 5.88 Å². The Kier molecular flexibility index (Phi) is 4.15. The van der Waals surface area contributed by atoms with E-state index in [1.807, 2.05) is 0 Å². The van der Waals surface area contributed by atoms with Gasteiger partial charge in [-0.25, -0.2) is 4.98 Å². The highest BCUT2D eigenvalue weighted by atomic mass is 35.5. The van der Waals surface area contributed by atoms with Gasteiger partial charge < -0.3 is 10.5 Å². The normalized spacial score (nSPS) is 11.4. The fraction of sp³-hybridized carbons (Fsp3) is 0.154. The van der Waals surface area contributed by atoms with Crippen LogP contribution in [0.15, 0.2) is 36.5 Å². The highest BCUT2D eigenvalue weighted by molar-refractivity contribution is 6.31. The predicted molar refractivity (Wildman–Crippen MR) is 68.7 cm³/mol. The summed E-state index contributed by atoms with van der Waals surface area (Å²) in [6, 6.07) is 6.31. The van der Waals surface area contributed by atoms with Crippen LogP contribution in [0.3, 0.4) is 0 Å². The lowest BCUT2D eigenvalue weighted by atomic mass is 10.2. The standard InChI is InChI=1S/C13H10ClF3N2O/c14-10-7-19-12(5-8(10)6-18)20-11-4-2-1-3-9(11)13(15,16)17/h1-5,7H,6,18H2. The van der Waals surface area contributed by atoms with Crippen molar-refractivity contribution in [3.63, 3.8) is 0 Å². The van der Waals surface area contributed by atoms with E-state index < -0.39 is 11.7 Å². The van der Waals surface area contributed by atoms with Crippen LogP contribution in [-0.2, 0) is 12.7 Å². The van der Waals surface area contributed by atoms with E-state index >= 15 is 0 Å². The molecule has 106 valence electrons. The van der Waals surface area contributed by atoms with E-state index in [4.69, 9.17) is 22.1 Å². The Labute approximate surface area is 118 Å². The molecule has 0 aliphatic rings. The zero-order chi connectivity index (χ0) is 14.8. The van der Waals surface area contributed by atoms with Crippen LogP contribution in [0.4, 0.5) is 13.2 Å². The van der Waals surface area contributed by atoms with Gasteiger partial charge >= 0.3 is 6.18 Å². The Bertz CT molecular complexity index is 617. The van der Waals surface area contributed by atoms with Crippen LogP contribution in [0.5, 0.6) is 11.6 Å². The van der Waals surface area contributed by atoms with Crippen LogP contribution >= 0.6 is 11.6 Å². The van der Waals surface area contributed by atoms with Gasteiger partial charge in [0.15, 0.2) is 0 Å². The third-order valence-corrected chi connectivity index (χ3v) is 2.88. The van der Waals surface area contributed by atoms with Gasteiger partial charge in [-0.05, 0) is 17.7 Å². The van der Waals surface area contributed by atoms with Gasteiger partial charge in [-0.2, -0.15) is 13.2 Å².